The van der Waals surface area contributed by atoms with Crippen LogP contribution in [0.3, 0.4) is 0 Å². The number of aryl methyl sites for hydroxylation is 1. The molecule has 0 atom stereocenters. The van der Waals surface area contributed by atoms with Gasteiger partial charge in [-0.1, -0.05) is 17.3 Å². The number of hydrogen-bond acceptors (Lipinski definition) is 6. The molecule has 1 aromatic carbocycles. The Bertz CT molecular complexity index is 899. The van der Waals surface area contributed by atoms with E-state index in [0.29, 0.717) is 17.3 Å². The first-order chi connectivity index (χ1) is 11.7. The van der Waals surface area contributed by atoms with Crippen molar-refractivity contribution in [1.82, 2.24) is 15.1 Å². The predicted molar refractivity (Wildman–Crippen MR) is 90.2 cm³/mol. The highest BCUT2D eigenvalue weighted by Crippen LogP contribution is 2.28. The van der Waals surface area contributed by atoms with E-state index in [1.165, 1.54) is 0 Å². The third-order valence-corrected chi connectivity index (χ3v) is 4.04. The lowest BCUT2D eigenvalue weighted by Crippen LogP contribution is -2.23. The number of carbonyl (C=O) groups excluding carboxylic acids is 1. The van der Waals surface area contributed by atoms with Gasteiger partial charge in [-0.25, -0.2) is 9.97 Å². The van der Waals surface area contributed by atoms with Crippen LogP contribution in [-0.4, -0.2) is 34.1 Å². The standard InChI is InChI=1S/C17H17N5O2/c1-11-10-14(24-21-11)17(23)20-15-16(22-8-4-5-9-22)19-13-7-3-2-6-12(13)18-15/h2-3,6-7,10H,4-5,8-9H2,1H3,(H,18,20,23). The van der Waals surface area contributed by atoms with Crippen LogP contribution in [-0.2, 0) is 0 Å². The molecular formula is C17H17N5O2. The lowest BCUT2D eigenvalue weighted by molar-refractivity contribution is 0.0987. The number of fused-ring (bicyclic) bond motifs is 1. The fourth-order valence-electron chi connectivity index (χ4n) is 2.86. The van der Waals surface area contributed by atoms with Crippen LogP contribution < -0.4 is 10.2 Å². The molecule has 4 rings (SSSR count). The van der Waals surface area contributed by atoms with Crippen molar-refractivity contribution in [2.45, 2.75) is 19.8 Å². The van der Waals surface area contributed by atoms with Crippen molar-refractivity contribution in [3.63, 3.8) is 0 Å². The maximum absolute atomic E-state index is 12.4. The van der Waals surface area contributed by atoms with Crippen LogP contribution in [0.4, 0.5) is 11.6 Å². The first-order valence-electron chi connectivity index (χ1n) is 7.97. The van der Waals surface area contributed by atoms with Crippen molar-refractivity contribution < 1.29 is 9.32 Å². The zero-order valence-corrected chi connectivity index (χ0v) is 13.3. The monoisotopic (exact) mass is 323 g/mol. The normalized spacial score (nSPS) is 14.3. The predicted octanol–water partition coefficient (Wildman–Crippen LogP) is 2.78. The van der Waals surface area contributed by atoms with Gasteiger partial charge in [-0.2, -0.15) is 0 Å². The van der Waals surface area contributed by atoms with Crippen LogP contribution in [0.15, 0.2) is 34.9 Å². The van der Waals surface area contributed by atoms with Crippen LogP contribution in [0, 0.1) is 6.92 Å². The van der Waals surface area contributed by atoms with E-state index in [2.05, 4.69) is 20.4 Å². The van der Waals surface area contributed by atoms with Gasteiger partial charge in [-0.05, 0) is 31.9 Å². The molecule has 0 unspecified atom stereocenters. The van der Waals surface area contributed by atoms with Gasteiger partial charge in [0.25, 0.3) is 5.91 Å². The summed E-state index contributed by atoms with van der Waals surface area (Å²) in [5, 5.41) is 6.57. The van der Waals surface area contributed by atoms with Crippen molar-refractivity contribution >= 4 is 28.6 Å². The van der Waals surface area contributed by atoms with Crippen LogP contribution in [0.5, 0.6) is 0 Å². The van der Waals surface area contributed by atoms with Crippen molar-refractivity contribution in [1.29, 1.82) is 0 Å². The first kappa shape index (κ1) is 14.6. The molecule has 7 nitrogen and oxygen atoms in total. The molecule has 1 aliphatic heterocycles. The van der Waals surface area contributed by atoms with Gasteiger partial charge in [-0.15, -0.1) is 0 Å². The summed E-state index contributed by atoms with van der Waals surface area (Å²) in [7, 11) is 0. The average Bonchev–Trinajstić information content (AvgIpc) is 3.26. The Kier molecular flexibility index (Phi) is 3.60. The maximum Gasteiger partial charge on any atom is 0.295 e. The van der Waals surface area contributed by atoms with E-state index in [1.807, 2.05) is 24.3 Å². The summed E-state index contributed by atoms with van der Waals surface area (Å²) in [5.74, 6) is 0.945. The minimum absolute atomic E-state index is 0.162. The molecule has 0 radical (unpaired) electrons. The van der Waals surface area contributed by atoms with Gasteiger partial charge >= 0.3 is 0 Å². The van der Waals surface area contributed by atoms with Crippen LogP contribution >= 0.6 is 0 Å². The van der Waals surface area contributed by atoms with Crippen molar-refractivity contribution in [2.24, 2.45) is 0 Å². The molecule has 2 aromatic heterocycles. The molecule has 1 N–H and O–H groups in total. The number of carbonyl (C=O) groups is 1. The summed E-state index contributed by atoms with van der Waals surface area (Å²) in [6, 6.07) is 9.23. The van der Waals surface area contributed by atoms with Gasteiger partial charge in [0.05, 0.1) is 16.7 Å². The number of para-hydroxylation sites is 2. The van der Waals surface area contributed by atoms with E-state index < -0.39 is 0 Å². The molecule has 0 saturated carbocycles. The molecule has 1 fully saturated rings. The Hall–Kier alpha value is -2.96. The van der Waals surface area contributed by atoms with E-state index in [1.54, 1.807) is 13.0 Å². The lowest BCUT2D eigenvalue weighted by Gasteiger charge is -2.19. The Morgan fingerprint density at radius 1 is 1.17 bits per heavy atom. The molecule has 0 bridgehead atoms. The molecule has 122 valence electrons. The number of nitrogens with zero attached hydrogens (tertiary/aromatic N) is 4. The molecule has 7 heteroatoms. The summed E-state index contributed by atoms with van der Waals surface area (Å²) in [4.78, 5) is 23.9. The number of aromatic nitrogens is 3. The summed E-state index contributed by atoms with van der Waals surface area (Å²) in [6.07, 6.45) is 2.23. The minimum Gasteiger partial charge on any atom is -0.354 e. The zero-order valence-electron chi connectivity index (χ0n) is 13.3. The van der Waals surface area contributed by atoms with Crippen LogP contribution in [0.1, 0.15) is 29.1 Å². The number of benzene rings is 1. The summed E-state index contributed by atoms with van der Waals surface area (Å²) >= 11 is 0. The number of hydrogen-bond donors (Lipinski definition) is 1. The van der Waals surface area contributed by atoms with E-state index in [9.17, 15) is 4.79 Å². The van der Waals surface area contributed by atoms with Crippen LogP contribution in [0.25, 0.3) is 11.0 Å². The third kappa shape index (κ3) is 2.68. The highest BCUT2D eigenvalue weighted by atomic mass is 16.5. The smallest absolute Gasteiger partial charge is 0.295 e. The molecule has 3 aromatic rings. The molecule has 1 amide bonds. The first-order valence-corrected chi connectivity index (χ1v) is 7.97. The molecule has 24 heavy (non-hydrogen) atoms. The van der Waals surface area contributed by atoms with E-state index in [0.717, 1.165) is 37.0 Å². The Labute approximate surface area is 138 Å². The number of anilines is 2. The van der Waals surface area contributed by atoms with E-state index >= 15 is 0 Å². The van der Waals surface area contributed by atoms with Crippen molar-refractivity contribution in [3.05, 3.63) is 41.8 Å². The van der Waals surface area contributed by atoms with Gasteiger partial charge in [0.2, 0.25) is 5.76 Å². The average molecular weight is 323 g/mol. The van der Waals surface area contributed by atoms with Gasteiger partial charge in [0, 0.05) is 19.2 Å². The summed E-state index contributed by atoms with van der Waals surface area (Å²) < 4.78 is 5.03. The number of nitrogens with one attached hydrogen (secondary N) is 1. The maximum atomic E-state index is 12.4. The molecular weight excluding hydrogens is 306 g/mol. The number of rotatable bonds is 3. The topological polar surface area (TPSA) is 84.2 Å². The van der Waals surface area contributed by atoms with Gasteiger partial charge in [-0.3, -0.25) is 4.79 Å². The highest BCUT2D eigenvalue weighted by Gasteiger charge is 2.22. The molecule has 1 aliphatic rings. The quantitative estimate of drug-likeness (QED) is 0.798. The van der Waals surface area contributed by atoms with E-state index in [-0.39, 0.29) is 11.7 Å². The Balaban J connectivity index is 1.74. The van der Waals surface area contributed by atoms with Gasteiger partial charge < -0.3 is 14.7 Å². The largest absolute Gasteiger partial charge is 0.354 e. The van der Waals surface area contributed by atoms with Crippen molar-refractivity contribution in [3.8, 4) is 0 Å². The van der Waals surface area contributed by atoms with Crippen molar-refractivity contribution in [2.75, 3.05) is 23.3 Å². The molecule has 0 aliphatic carbocycles. The van der Waals surface area contributed by atoms with E-state index in [4.69, 9.17) is 9.51 Å². The van der Waals surface area contributed by atoms with Crippen LogP contribution in [0.2, 0.25) is 0 Å². The second-order valence-corrected chi connectivity index (χ2v) is 5.87. The second kappa shape index (κ2) is 5.92. The SMILES string of the molecule is Cc1cc(C(=O)Nc2nc3ccccc3nc2N2CCCC2)on1. The fourth-order valence-corrected chi connectivity index (χ4v) is 2.86. The zero-order chi connectivity index (χ0) is 16.5. The Morgan fingerprint density at radius 3 is 2.54 bits per heavy atom. The Morgan fingerprint density at radius 2 is 1.88 bits per heavy atom. The molecule has 0 spiro atoms. The third-order valence-electron chi connectivity index (χ3n) is 4.04. The molecule has 1 saturated heterocycles. The fraction of sp³-hybridized carbons (Fsp3) is 0.294. The van der Waals surface area contributed by atoms with Gasteiger partial charge in [0.15, 0.2) is 11.6 Å². The highest BCUT2D eigenvalue weighted by molar-refractivity contribution is 6.03. The summed E-state index contributed by atoms with van der Waals surface area (Å²) in [6.45, 7) is 3.60. The summed E-state index contributed by atoms with van der Waals surface area (Å²) in [5.41, 5.74) is 2.21. The van der Waals surface area contributed by atoms with Gasteiger partial charge in [0.1, 0.15) is 0 Å². The lowest BCUT2D eigenvalue weighted by atomic mass is 10.3. The number of amides is 1. The molecule has 3 heterocycles. The second-order valence-electron chi connectivity index (χ2n) is 5.87. The minimum atomic E-state index is -0.374.